The molecule has 0 spiro atoms. The zero-order valence-corrected chi connectivity index (χ0v) is 12.4. The summed E-state index contributed by atoms with van der Waals surface area (Å²) in [5.74, 6) is 0.181. The third-order valence-electron chi connectivity index (χ3n) is 3.02. The molecular weight excluding hydrogens is 316 g/mol. The summed E-state index contributed by atoms with van der Waals surface area (Å²) in [6.07, 6.45) is 4.84. The van der Waals surface area contributed by atoms with E-state index in [1.807, 2.05) is 12.1 Å². The van der Waals surface area contributed by atoms with E-state index >= 15 is 0 Å². The summed E-state index contributed by atoms with van der Waals surface area (Å²) in [4.78, 5) is 15.4. The summed E-state index contributed by atoms with van der Waals surface area (Å²) in [5.41, 5.74) is 1.40. The highest BCUT2D eigenvalue weighted by molar-refractivity contribution is 9.11. The van der Waals surface area contributed by atoms with Crippen molar-refractivity contribution in [1.82, 2.24) is 0 Å². The Bertz CT molecular complexity index is 544. The normalized spacial score (nSPS) is 14.6. The summed E-state index contributed by atoms with van der Waals surface area (Å²) < 4.78 is 1.02. The molecule has 4 heteroatoms. The SMILES string of the molecule is O=C(c1ccc(Br)s1)c1cc2c(s1)CCCC2. The van der Waals surface area contributed by atoms with Crippen molar-refractivity contribution in [3.63, 3.8) is 0 Å². The van der Waals surface area contributed by atoms with Gasteiger partial charge in [-0.05, 0) is 65.4 Å². The third-order valence-corrected chi connectivity index (χ3v) is 5.88. The number of hydrogen-bond acceptors (Lipinski definition) is 3. The van der Waals surface area contributed by atoms with Crippen LogP contribution in [0.4, 0.5) is 0 Å². The average molecular weight is 327 g/mol. The van der Waals surface area contributed by atoms with Crippen molar-refractivity contribution in [3.8, 4) is 0 Å². The second-order valence-electron chi connectivity index (χ2n) is 4.20. The zero-order chi connectivity index (χ0) is 11.8. The number of rotatable bonds is 2. The highest BCUT2D eigenvalue weighted by Crippen LogP contribution is 2.32. The van der Waals surface area contributed by atoms with Crippen LogP contribution in [-0.2, 0) is 12.8 Å². The third kappa shape index (κ3) is 2.26. The molecule has 0 saturated carbocycles. The van der Waals surface area contributed by atoms with Crippen LogP contribution in [0.1, 0.15) is 37.8 Å². The molecule has 0 bridgehead atoms. The van der Waals surface area contributed by atoms with E-state index in [9.17, 15) is 4.79 Å². The topological polar surface area (TPSA) is 17.1 Å². The molecule has 0 aliphatic heterocycles. The van der Waals surface area contributed by atoms with Gasteiger partial charge in [-0.2, -0.15) is 0 Å². The van der Waals surface area contributed by atoms with Gasteiger partial charge in [-0.1, -0.05) is 0 Å². The fraction of sp³-hybridized carbons (Fsp3) is 0.308. The molecule has 0 radical (unpaired) electrons. The lowest BCUT2D eigenvalue weighted by molar-refractivity contribution is 0.104. The zero-order valence-electron chi connectivity index (χ0n) is 9.16. The molecule has 1 aliphatic carbocycles. The molecule has 0 unspecified atom stereocenters. The number of ketones is 1. The Morgan fingerprint density at radius 3 is 2.65 bits per heavy atom. The summed E-state index contributed by atoms with van der Waals surface area (Å²) >= 11 is 6.60. The minimum absolute atomic E-state index is 0.181. The van der Waals surface area contributed by atoms with Crippen molar-refractivity contribution in [2.24, 2.45) is 0 Å². The van der Waals surface area contributed by atoms with Gasteiger partial charge in [0, 0.05) is 4.88 Å². The van der Waals surface area contributed by atoms with E-state index in [4.69, 9.17) is 0 Å². The number of fused-ring (bicyclic) bond motifs is 1. The van der Waals surface area contributed by atoms with Gasteiger partial charge in [-0.15, -0.1) is 22.7 Å². The molecule has 0 N–H and O–H groups in total. The lowest BCUT2D eigenvalue weighted by Crippen LogP contribution is -1.97. The van der Waals surface area contributed by atoms with Gasteiger partial charge in [0.15, 0.2) is 0 Å². The van der Waals surface area contributed by atoms with E-state index in [0.29, 0.717) is 0 Å². The van der Waals surface area contributed by atoms with Crippen molar-refractivity contribution in [2.45, 2.75) is 25.7 Å². The van der Waals surface area contributed by atoms with Crippen LogP contribution in [-0.4, -0.2) is 5.78 Å². The van der Waals surface area contributed by atoms with Crippen molar-refractivity contribution < 1.29 is 4.79 Å². The van der Waals surface area contributed by atoms with Crippen LogP contribution >= 0.6 is 38.6 Å². The predicted octanol–water partition coefficient (Wildman–Crippen LogP) is 4.68. The molecule has 0 fully saturated rings. The molecule has 1 aliphatic rings. The van der Waals surface area contributed by atoms with Gasteiger partial charge in [0.05, 0.1) is 13.5 Å². The molecule has 1 nitrogen and oxygen atoms in total. The molecule has 17 heavy (non-hydrogen) atoms. The van der Waals surface area contributed by atoms with E-state index in [2.05, 4.69) is 22.0 Å². The van der Waals surface area contributed by atoms with Gasteiger partial charge in [-0.3, -0.25) is 4.79 Å². The van der Waals surface area contributed by atoms with Gasteiger partial charge >= 0.3 is 0 Å². The van der Waals surface area contributed by atoms with E-state index < -0.39 is 0 Å². The van der Waals surface area contributed by atoms with E-state index in [0.717, 1.165) is 26.4 Å². The summed E-state index contributed by atoms with van der Waals surface area (Å²) in [7, 11) is 0. The monoisotopic (exact) mass is 326 g/mol. The smallest absolute Gasteiger partial charge is 0.212 e. The van der Waals surface area contributed by atoms with Crippen LogP contribution < -0.4 is 0 Å². The standard InChI is InChI=1S/C13H11BrOS2/c14-12-6-5-10(17-12)13(15)11-7-8-3-1-2-4-9(8)16-11/h5-7H,1-4H2. The Hall–Kier alpha value is -0.450. The Kier molecular flexibility index (Phi) is 3.19. The minimum atomic E-state index is 0.181. The first-order valence-electron chi connectivity index (χ1n) is 5.65. The van der Waals surface area contributed by atoms with Crippen LogP contribution in [0, 0.1) is 0 Å². The maximum atomic E-state index is 12.3. The maximum Gasteiger partial charge on any atom is 0.212 e. The van der Waals surface area contributed by atoms with Gasteiger partial charge in [0.25, 0.3) is 0 Å². The second kappa shape index (κ2) is 4.67. The lowest BCUT2D eigenvalue weighted by Gasteiger charge is -2.08. The molecule has 3 rings (SSSR count). The fourth-order valence-corrected chi connectivity index (χ4v) is 4.77. The van der Waals surface area contributed by atoms with Crippen LogP contribution in [0.2, 0.25) is 0 Å². The first kappa shape index (κ1) is 11.6. The molecule has 2 aromatic rings. The lowest BCUT2D eigenvalue weighted by atomic mass is 9.99. The summed E-state index contributed by atoms with van der Waals surface area (Å²) in [6, 6.07) is 5.94. The molecular formula is C13H11BrOS2. The number of aryl methyl sites for hydroxylation is 2. The van der Waals surface area contributed by atoms with Gasteiger partial charge in [-0.25, -0.2) is 0 Å². The van der Waals surface area contributed by atoms with Gasteiger partial charge in [0.2, 0.25) is 5.78 Å². The molecule has 0 saturated heterocycles. The Morgan fingerprint density at radius 1 is 1.12 bits per heavy atom. The van der Waals surface area contributed by atoms with Crippen LogP contribution in [0.5, 0.6) is 0 Å². The maximum absolute atomic E-state index is 12.3. The Morgan fingerprint density at radius 2 is 1.94 bits per heavy atom. The minimum Gasteiger partial charge on any atom is -0.287 e. The summed E-state index contributed by atoms with van der Waals surface area (Å²) in [6.45, 7) is 0. The number of thiophene rings is 2. The van der Waals surface area contributed by atoms with Crippen LogP contribution in [0.15, 0.2) is 22.0 Å². The van der Waals surface area contributed by atoms with Crippen LogP contribution in [0.3, 0.4) is 0 Å². The molecule has 88 valence electrons. The van der Waals surface area contributed by atoms with E-state index in [-0.39, 0.29) is 5.78 Å². The van der Waals surface area contributed by atoms with Crippen LogP contribution in [0.25, 0.3) is 0 Å². The highest BCUT2D eigenvalue weighted by Gasteiger charge is 2.19. The quantitative estimate of drug-likeness (QED) is 0.732. The van der Waals surface area contributed by atoms with Crippen molar-refractivity contribution in [1.29, 1.82) is 0 Å². The van der Waals surface area contributed by atoms with Crippen molar-refractivity contribution >= 4 is 44.4 Å². The van der Waals surface area contributed by atoms with Gasteiger partial charge in [0.1, 0.15) is 0 Å². The molecule has 0 amide bonds. The fourth-order valence-electron chi connectivity index (χ4n) is 2.16. The Labute approximate surface area is 117 Å². The molecule has 0 atom stereocenters. The van der Waals surface area contributed by atoms with Gasteiger partial charge < -0.3 is 0 Å². The average Bonchev–Trinajstić information content (AvgIpc) is 2.93. The second-order valence-corrected chi connectivity index (χ2v) is 7.80. The molecule has 2 aromatic heterocycles. The Balaban J connectivity index is 1.94. The van der Waals surface area contributed by atoms with E-state index in [1.54, 1.807) is 11.3 Å². The number of carbonyl (C=O) groups is 1. The first-order chi connectivity index (χ1) is 8.24. The predicted molar refractivity (Wildman–Crippen MR) is 76.4 cm³/mol. The summed E-state index contributed by atoms with van der Waals surface area (Å²) in [5, 5.41) is 0. The molecule has 2 heterocycles. The highest BCUT2D eigenvalue weighted by atomic mass is 79.9. The molecule has 0 aromatic carbocycles. The number of carbonyl (C=O) groups excluding carboxylic acids is 1. The first-order valence-corrected chi connectivity index (χ1v) is 8.08. The van der Waals surface area contributed by atoms with Crippen molar-refractivity contribution in [2.75, 3.05) is 0 Å². The van der Waals surface area contributed by atoms with Crippen molar-refractivity contribution in [3.05, 3.63) is 42.2 Å². The largest absolute Gasteiger partial charge is 0.287 e. The van der Waals surface area contributed by atoms with E-state index in [1.165, 1.54) is 34.6 Å². The number of hydrogen-bond donors (Lipinski definition) is 0. The number of halogens is 1.